The molecule has 7 rings (SSSR count). The van der Waals surface area contributed by atoms with Crippen molar-refractivity contribution < 1.29 is 66.7 Å². The number of allylic oxidation sites excluding steroid dienone is 2. The molecule has 6 aliphatic carbocycles. The molecule has 1 aromatic rings. The second-order valence-corrected chi connectivity index (χ2v) is 21.9. The van der Waals surface area contributed by atoms with E-state index in [-0.39, 0.29) is 96.0 Å². The third kappa shape index (κ3) is 16.7. The molecule has 14 nitrogen and oxygen atoms in total. The summed E-state index contributed by atoms with van der Waals surface area (Å²) in [6, 6.07) is 4.78. The Balaban J connectivity index is 0.829. The van der Waals surface area contributed by atoms with Crippen LogP contribution in [0.2, 0.25) is 0 Å². The quantitative estimate of drug-likeness (QED) is 0.0445. The molecular weight excluding hydrogens is 933 g/mol. The van der Waals surface area contributed by atoms with Crippen LogP contribution in [0.5, 0.6) is 11.5 Å². The lowest BCUT2D eigenvalue weighted by atomic mass is 9.81. The van der Waals surface area contributed by atoms with E-state index >= 15 is 0 Å². The van der Waals surface area contributed by atoms with Crippen LogP contribution in [-0.4, -0.2) is 72.8 Å². The average Bonchev–Trinajstić information content (AvgIpc) is 3.41. The Kier molecular flexibility index (Phi) is 21.4. The van der Waals surface area contributed by atoms with Gasteiger partial charge >= 0.3 is 41.8 Å². The van der Waals surface area contributed by atoms with Crippen molar-refractivity contribution in [3.05, 3.63) is 42.0 Å². The number of esters is 7. The Labute approximate surface area is 432 Å². The van der Waals surface area contributed by atoms with Gasteiger partial charge in [-0.25, -0.2) is 4.79 Å². The number of hydrogen-bond acceptors (Lipinski definition) is 14. The van der Waals surface area contributed by atoms with Crippen LogP contribution in [0, 0.1) is 47.3 Å². The van der Waals surface area contributed by atoms with Gasteiger partial charge in [-0.15, -0.1) is 0 Å². The van der Waals surface area contributed by atoms with Gasteiger partial charge in [-0.2, -0.15) is 0 Å². The summed E-state index contributed by atoms with van der Waals surface area (Å²) in [4.78, 5) is 91.1. The Hall–Kier alpha value is -5.01. The highest BCUT2D eigenvalue weighted by molar-refractivity contribution is 5.83. The zero-order valence-electron chi connectivity index (χ0n) is 43.8. The van der Waals surface area contributed by atoms with Gasteiger partial charge in [0, 0.05) is 11.6 Å². The molecule has 0 saturated heterocycles. The molecular formula is C59H82O14. The summed E-state index contributed by atoms with van der Waals surface area (Å²) in [5.41, 5.74) is 0.454. The third-order valence-electron chi connectivity index (χ3n) is 17.0. The van der Waals surface area contributed by atoms with Crippen LogP contribution in [0.25, 0.3) is 6.08 Å². The molecule has 0 amide bonds. The van der Waals surface area contributed by atoms with E-state index in [2.05, 4.69) is 13.8 Å². The molecule has 0 aromatic heterocycles. The van der Waals surface area contributed by atoms with Crippen LogP contribution < -0.4 is 9.47 Å². The number of carbonyl (C=O) groups excluding carboxylic acids is 7. The minimum Gasteiger partial charge on any atom is -0.463 e. The maximum Gasteiger partial charge on any atom is 0.330 e. The maximum atomic E-state index is 13.6. The Morgan fingerprint density at radius 1 is 0.425 bits per heavy atom. The molecule has 14 heteroatoms. The number of ether oxygens (including phenoxy) is 7. The van der Waals surface area contributed by atoms with Crippen LogP contribution >= 0.6 is 0 Å². The number of rotatable bonds is 18. The lowest BCUT2D eigenvalue weighted by molar-refractivity contribution is -0.164. The van der Waals surface area contributed by atoms with Gasteiger partial charge in [0.15, 0.2) is 0 Å². The molecule has 1 aromatic carbocycles. The highest BCUT2D eigenvalue weighted by atomic mass is 16.6. The van der Waals surface area contributed by atoms with Crippen LogP contribution in [0.4, 0.5) is 0 Å². The van der Waals surface area contributed by atoms with E-state index in [1.165, 1.54) is 12.2 Å². The van der Waals surface area contributed by atoms with Crippen molar-refractivity contribution in [2.45, 2.75) is 212 Å². The zero-order valence-corrected chi connectivity index (χ0v) is 43.8. The molecule has 0 N–H and O–H groups in total. The van der Waals surface area contributed by atoms with Crippen molar-refractivity contribution in [2.24, 2.45) is 47.3 Å². The maximum absolute atomic E-state index is 13.6. The number of benzene rings is 1. The molecule has 0 radical (unpaired) electrons. The van der Waals surface area contributed by atoms with Gasteiger partial charge in [0.05, 0.1) is 42.1 Å². The van der Waals surface area contributed by atoms with Gasteiger partial charge in [0.2, 0.25) is 0 Å². The second kappa shape index (κ2) is 28.0. The molecule has 6 fully saturated rings. The SMILES string of the molecule is CCOC(=O)/C=C/C=C/c1cc(OC(=O)C2CCC(OC(=O)C3CCC(OC(=O)C4CCC(CC)CC4)CC3)CC2)ccc1OC(=O)C1CCC(OC(=O)C2CCC(OC(=O)C3CCC(CC)CC3)CC2)CC1. The van der Waals surface area contributed by atoms with Gasteiger partial charge in [0.1, 0.15) is 35.9 Å². The second-order valence-electron chi connectivity index (χ2n) is 21.9. The first kappa shape index (κ1) is 55.7. The fourth-order valence-corrected chi connectivity index (χ4v) is 12.0. The van der Waals surface area contributed by atoms with Crippen LogP contribution in [0.1, 0.15) is 193 Å². The van der Waals surface area contributed by atoms with E-state index in [0.29, 0.717) is 120 Å². The Morgan fingerprint density at radius 3 is 1.12 bits per heavy atom. The monoisotopic (exact) mass is 1010 g/mol. The molecule has 0 bridgehead atoms. The molecule has 6 saturated carbocycles. The van der Waals surface area contributed by atoms with E-state index in [1.807, 2.05) is 0 Å². The van der Waals surface area contributed by atoms with Gasteiger partial charge in [-0.3, -0.25) is 28.8 Å². The van der Waals surface area contributed by atoms with E-state index < -0.39 is 23.8 Å². The van der Waals surface area contributed by atoms with Crippen molar-refractivity contribution in [1.82, 2.24) is 0 Å². The number of carbonyl (C=O) groups is 7. The van der Waals surface area contributed by atoms with Gasteiger partial charge in [-0.1, -0.05) is 44.9 Å². The van der Waals surface area contributed by atoms with Gasteiger partial charge in [-0.05, 0) is 191 Å². The molecule has 0 unspecified atom stereocenters. The minimum absolute atomic E-state index is 0.00298. The Morgan fingerprint density at radius 2 is 0.767 bits per heavy atom. The number of hydrogen-bond donors (Lipinski definition) is 0. The smallest absolute Gasteiger partial charge is 0.330 e. The highest BCUT2D eigenvalue weighted by Crippen LogP contribution is 2.38. The predicted octanol–water partition coefficient (Wildman–Crippen LogP) is 11.5. The van der Waals surface area contributed by atoms with E-state index in [1.54, 1.807) is 37.3 Å². The molecule has 73 heavy (non-hydrogen) atoms. The van der Waals surface area contributed by atoms with Gasteiger partial charge < -0.3 is 33.2 Å². The molecule has 0 aliphatic heterocycles. The summed E-state index contributed by atoms with van der Waals surface area (Å²) in [5.74, 6) is -1.22. The topological polar surface area (TPSA) is 184 Å². The largest absolute Gasteiger partial charge is 0.463 e. The first-order valence-electron chi connectivity index (χ1n) is 28.3. The highest BCUT2D eigenvalue weighted by Gasteiger charge is 2.38. The van der Waals surface area contributed by atoms with E-state index in [0.717, 1.165) is 64.2 Å². The molecule has 0 spiro atoms. The minimum atomic E-state index is -0.502. The first-order valence-corrected chi connectivity index (χ1v) is 28.3. The zero-order chi connectivity index (χ0) is 51.7. The van der Waals surface area contributed by atoms with Crippen LogP contribution in [-0.2, 0) is 57.2 Å². The summed E-state index contributed by atoms with van der Waals surface area (Å²) in [7, 11) is 0. The molecule has 402 valence electrons. The summed E-state index contributed by atoms with van der Waals surface area (Å²) in [6.07, 6.45) is 24.7. The van der Waals surface area contributed by atoms with Crippen molar-refractivity contribution >= 4 is 47.9 Å². The van der Waals surface area contributed by atoms with Crippen LogP contribution in [0.3, 0.4) is 0 Å². The normalized spacial score (nSPS) is 30.9. The fourth-order valence-electron chi connectivity index (χ4n) is 12.0. The Bertz CT molecular complexity index is 2060. The van der Waals surface area contributed by atoms with Crippen molar-refractivity contribution in [1.29, 1.82) is 0 Å². The average molecular weight is 1020 g/mol. The fraction of sp³-hybridized carbons (Fsp3) is 0.712. The van der Waals surface area contributed by atoms with Crippen LogP contribution in [0.15, 0.2) is 36.4 Å². The first-order chi connectivity index (χ1) is 35.4. The van der Waals surface area contributed by atoms with Crippen molar-refractivity contribution in [3.63, 3.8) is 0 Å². The summed E-state index contributed by atoms with van der Waals surface area (Å²) < 4.78 is 40.5. The molecule has 0 heterocycles. The summed E-state index contributed by atoms with van der Waals surface area (Å²) in [6.45, 7) is 6.37. The lowest BCUT2D eigenvalue weighted by Gasteiger charge is -2.32. The molecule has 0 atom stereocenters. The van der Waals surface area contributed by atoms with E-state index in [9.17, 15) is 33.6 Å². The standard InChI is InChI=1S/C59H82O14/c1-4-38-11-15-40(16-12-38)54(61)68-47-27-19-42(20-28-47)56(63)70-49-31-23-44(24-32-49)58(65)72-51-35-36-52(46(37-51)9-7-8-10-53(60)67-6-3)73-59(66)45-25-33-50(34-26-45)71-57(64)43-21-29-48(30-22-43)69-55(62)41-17-13-39(5-2)14-18-41/h7-10,35-45,47-50H,4-6,11-34H2,1-3H3/b9-7+,10-8+. The molecule has 6 aliphatic rings. The van der Waals surface area contributed by atoms with Crippen molar-refractivity contribution in [3.8, 4) is 11.5 Å². The van der Waals surface area contributed by atoms with Gasteiger partial charge in [0.25, 0.3) is 0 Å². The predicted molar refractivity (Wildman–Crippen MR) is 271 cm³/mol. The summed E-state index contributed by atoms with van der Waals surface area (Å²) in [5, 5.41) is 0. The third-order valence-corrected chi connectivity index (χ3v) is 17.0. The summed E-state index contributed by atoms with van der Waals surface area (Å²) >= 11 is 0. The van der Waals surface area contributed by atoms with E-state index in [4.69, 9.17) is 33.2 Å². The lowest BCUT2D eigenvalue weighted by Crippen LogP contribution is -2.34. The van der Waals surface area contributed by atoms with Crippen molar-refractivity contribution in [2.75, 3.05) is 6.61 Å².